The van der Waals surface area contributed by atoms with Gasteiger partial charge in [0.05, 0.1) is 23.1 Å². The van der Waals surface area contributed by atoms with Crippen LogP contribution in [0.4, 0.5) is 14.5 Å². The van der Waals surface area contributed by atoms with Crippen LogP contribution in [0.2, 0.25) is 0 Å². The van der Waals surface area contributed by atoms with Crippen LogP contribution in [-0.4, -0.2) is 39.0 Å². The largest absolute Gasteiger partial charge is 0.433 e. The van der Waals surface area contributed by atoms with Gasteiger partial charge in [-0.2, -0.15) is 8.78 Å². The van der Waals surface area contributed by atoms with Crippen molar-refractivity contribution in [3.05, 3.63) is 23.8 Å². The van der Waals surface area contributed by atoms with Gasteiger partial charge >= 0.3 is 6.61 Å². The van der Waals surface area contributed by atoms with Crippen LogP contribution in [0.5, 0.6) is 5.75 Å². The standard InChI is InChI=1S/C15H17F2NO4S/c16-15(17)22-12-5-1-3-10-4-2-7-18(13(10)12)14(19)11-6-8-23(20,21)9-11/h1,3,5,11,15H,2,4,6-9H2. The van der Waals surface area contributed by atoms with Crippen molar-refractivity contribution in [1.29, 1.82) is 0 Å². The lowest BCUT2D eigenvalue weighted by Gasteiger charge is -2.32. The number of ether oxygens (including phenoxy) is 1. The van der Waals surface area contributed by atoms with Gasteiger partial charge in [-0.05, 0) is 30.9 Å². The van der Waals surface area contributed by atoms with Gasteiger partial charge in [0.1, 0.15) is 5.75 Å². The molecule has 0 spiro atoms. The number of carbonyl (C=O) groups excluding carboxylic acids is 1. The van der Waals surface area contributed by atoms with Crippen molar-refractivity contribution in [2.24, 2.45) is 5.92 Å². The summed E-state index contributed by atoms with van der Waals surface area (Å²) >= 11 is 0. The molecule has 126 valence electrons. The van der Waals surface area contributed by atoms with Crippen molar-refractivity contribution >= 4 is 21.4 Å². The Morgan fingerprint density at radius 1 is 1.35 bits per heavy atom. The van der Waals surface area contributed by atoms with Gasteiger partial charge in [-0.3, -0.25) is 4.79 Å². The highest BCUT2D eigenvalue weighted by Gasteiger charge is 2.38. The van der Waals surface area contributed by atoms with E-state index in [9.17, 15) is 22.0 Å². The highest BCUT2D eigenvalue weighted by Crippen LogP contribution is 2.38. The van der Waals surface area contributed by atoms with Gasteiger partial charge in [-0.25, -0.2) is 8.42 Å². The molecule has 3 rings (SSSR count). The van der Waals surface area contributed by atoms with Gasteiger partial charge in [0, 0.05) is 6.54 Å². The van der Waals surface area contributed by atoms with E-state index in [-0.39, 0.29) is 29.6 Å². The van der Waals surface area contributed by atoms with Gasteiger partial charge in [0.15, 0.2) is 9.84 Å². The minimum Gasteiger partial charge on any atom is -0.433 e. The van der Waals surface area contributed by atoms with E-state index < -0.39 is 22.4 Å². The smallest absolute Gasteiger partial charge is 0.387 e. The van der Waals surface area contributed by atoms with E-state index >= 15 is 0 Å². The lowest BCUT2D eigenvalue weighted by Crippen LogP contribution is -2.40. The molecule has 0 aliphatic carbocycles. The van der Waals surface area contributed by atoms with E-state index in [1.54, 1.807) is 12.1 Å². The molecule has 1 aromatic rings. The molecule has 23 heavy (non-hydrogen) atoms. The maximum atomic E-state index is 12.7. The lowest BCUT2D eigenvalue weighted by molar-refractivity contribution is -0.121. The van der Waals surface area contributed by atoms with Gasteiger partial charge in [-0.1, -0.05) is 12.1 Å². The number of hydrogen-bond donors (Lipinski definition) is 0. The van der Waals surface area contributed by atoms with Crippen molar-refractivity contribution in [2.45, 2.75) is 25.9 Å². The van der Waals surface area contributed by atoms with E-state index in [1.807, 2.05) is 0 Å². The average Bonchev–Trinajstić information content (AvgIpc) is 2.86. The fourth-order valence-electron chi connectivity index (χ4n) is 3.24. The monoisotopic (exact) mass is 345 g/mol. The summed E-state index contributed by atoms with van der Waals surface area (Å²) in [4.78, 5) is 14.1. The van der Waals surface area contributed by atoms with Crippen LogP contribution in [0.3, 0.4) is 0 Å². The molecule has 0 aromatic heterocycles. The van der Waals surface area contributed by atoms with E-state index in [1.165, 1.54) is 11.0 Å². The minimum atomic E-state index is -3.18. The molecular weight excluding hydrogens is 328 g/mol. The third-order valence-corrected chi connectivity index (χ3v) is 6.01. The van der Waals surface area contributed by atoms with Crippen molar-refractivity contribution in [3.63, 3.8) is 0 Å². The van der Waals surface area contributed by atoms with Gasteiger partial charge < -0.3 is 9.64 Å². The van der Waals surface area contributed by atoms with E-state index in [0.29, 0.717) is 25.1 Å². The van der Waals surface area contributed by atoms with E-state index in [2.05, 4.69) is 4.74 Å². The average molecular weight is 345 g/mol. The molecule has 0 radical (unpaired) electrons. The van der Waals surface area contributed by atoms with Gasteiger partial charge in [-0.15, -0.1) is 0 Å². The van der Waals surface area contributed by atoms with Crippen molar-refractivity contribution in [1.82, 2.24) is 0 Å². The Balaban J connectivity index is 1.93. The number of alkyl halides is 2. The fourth-order valence-corrected chi connectivity index (χ4v) is 4.97. The molecule has 0 N–H and O–H groups in total. The summed E-state index contributed by atoms with van der Waals surface area (Å²) in [6, 6.07) is 4.80. The molecule has 8 heteroatoms. The van der Waals surface area contributed by atoms with E-state index in [0.717, 1.165) is 5.56 Å². The number of fused-ring (bicyclic) bond motifs is 1. The molecule has 1 unspecified atom stereocenters. The molecule has 1 amide bonds. The highest BCUT2D eigenvalue weighted by atomic mass is 32.2. The maximum absolute atomic E-state index is 12.7. The number of halogens is 2. The number of para-hydroxylation sites is 1. The molecule has 1 aromatic carbocycles. The zero-order valence-corrected chi connectivity index (χ0v) is 13.2. The maximum Gasteiger partial charge on any atom is 0.387 e. The van der Waals surface area contributed by atoms with Crippen LogP contribution < -0.4 is 9.64 Å². The summed E-state index contributed by atoms with van der Waals surface area (Å²) in [6.45, 7) is -2.60. The summed E-state index contributed by atoms with van der Waals surface area (Å²) in [7, 11) is -3.18. The molecule has 0 saturated carbocycles. The molecule has 5 nitrogen and oxygen atoms in total. The molecule has 1 fully saturated rings. The number of carbonyl (C=O) groups is 1. The van der Waals surface area contributed by atoms with Crippen molar-refractivity contribution in [3.8, 4) is 5.75 Å². The SMILES string of the molecule is O=C(C1CCS(=O)(=O)C1)N1CCCc2cccc(OC(F)F)c21. The molecule has 1 atom stereocenters. The third-order valence-electron chi connectivity index (χ3n) is 4.24. The zero-order valence-electron chi connectivity index (χ0n) is 12.4. The number of sulfone groups is 1. The normalized spacial score (nSPS) is 22.9. The van der Waals surface area contributed by atoms with E-state index in [4.69, 9.17) is 0 Å². The summed E-state index contributed by atoms with van der Waals surface area (Å²) in [5.41, 5.74) is 1.12. The van der Waals surface area contributed by atoms with Crippen LogP contribution in [0.25, 0.3) is 0 Å². The lowest BCUT2D eigenvalue weighted by atomic mass is 9.98. The molecule has 0 bridgehead atoms. The number of nitrogens with zero attached hydrogens (tertiary/aromatic N) is 1. The van der Waals surface area contributed by atoms with Crippen molar-refractivity contribution in [2.75, 3.05) is 23.0 Å². The summed E-state index contributed by atoms with van der Waals surface area (Å²) in [5, 5.41) is 0. The zero-order chi connectivity index (χ0) is 16.6. The molecule has 1 saturated heterocycles. The number of aryl methyl sites for hydroxylation is 1. The molecule has 2 aliphatic heterocycles. The Bertz CT molecular complexity index is 720. The summed E-state index contributed by atoms with van der Waals surface area (Å²) in [5.74, 6) is -1.14. The first-order valence-electron chi connectivity index (χ1n) is 7.46. The number of anilines is 1. The summed E-state index contributed by atoms with van der Waals surface area (Å²) in [6.07, 6.45) is 1.66. The first kappa shape index (κ1) is 16.2. The molecular formula is C15H17F2NO4S. The Labute approximate surface area is 133 Å². The topological polar surface area (TPSA) is 63.7 Å². The van der Waals surface area contributed by atoms with Crippen LogP contribution in [0, 0.1) is 5.92 Å². The number of hydrogen-bond acceptors (Lipinski definition) is 4. The number of benzene rings is 1. The first-order valence-corrected chi connectivity index (χ1v) is 9.28. The Hall–Kier alpha value is -1.70. The fraction of sp³-hybridized carbons (Fsp3) is 0.533. The van der Waals surface area contributed by atoms with Crippen LogP contribution in [0.1, 0.15) is 18.4 Å². The van der Waals surface area contributed by atoms with Crippen molar-refractivity contribution < 1.29 is 26.7 Å². The Kier molecular flexibility index (Phi) is 4.27. The Morgan fingerprint density at radius 2 is 2.13 bits per heavy atom. The Morgan fingerprint density at radius 3 is 2.78 bits per heavy atom. The minimum absolute atomic E-state index is 0.000710. The third kappa shape index (κ3) is 3.31. The van der Waals surface area contributed by atoms with Crippen LogP contribution in [0.15, 0.2) is 18.2 Å². The molecule has 2 heterocycles. The summed E-state index contributed by atoms with van der Waals surface area (Å²) < 4.78 is 53.0. The number of amides is 1. The second-order valence-corrected chi connectivity index (χ2v) is 8.06. The highest BCUT2D eigenvalue weighted by molar-refractivity contribution is 7.91. The quantitative estimate of drug-likeness (QED) is 0.841. The number of rotatable bonds is 3. The predicted molar refractivity (Wildman–Crippen MR) is 80.5 cm³/mol. The molecule has 2 aliphatic rings. The second kappa shape index (κ2) is 6.07. The van der Waals surface area contributed by atoms with Gasteiger partial charge in [0.25, 0.3) is 0 Å². The first-order chi connectivity index (χ1) is 10.9. The van der Waals surface area contributed by atoms with Crippen LogP contribution >= 0.6 is 0 Å². The van der Waals surface area contributed by atoms with Crippen LogP contribution in [-0.2, 0) is 21.1 Å². The van der Waals surface area contributed by atoms with Gasteiger partial charge in [0.2, 0.25) is 5.91 Å². The predicted octanol–water partition coefficient (Wildman–Crippen LogP) is 2.00. The second-order valence-electron chi connectivity index (χ2n) is 5.84.